The van der Waals surface area contributed by atoms with Crippen LogP contribution in [0, 0.1) is 13.8 Å². The summed E-state index contributed by atoms with van der Waals surface area (Å²) in [6.07, 6.45) is 8.37. The normalized spacial score (nSPS) is 20.3. The zero-order chi connectivity index (χ0) is 10.7. The van der Waals surface area contributed by atoms with Crippen LogP contribution >= 0.6 is 0 Å². The molecule has 0 radical (unpaired) electrons. The first-order valence-electron chi connectivity index (χ1n) is 5.75. The van der Waals surface area contributed by atoms with E-state index in [4.69, 9.17) is 0 Å². The van der Waals surface area contributed by atoms with Gasteiger partial charge in [-0.1, -0.05) is 18.2 Å². The molecule has 1 heteroatoms. The molecule has 1 nitrogen and oxygen atoms in total. The van der Waals surface area contributed by atoms with Gasteiger partial charge in [0, 0.05) is 11.7 Å². The van der Waals surface area contributed by atoms with E-state index in [2.05, 4.69) is 49.5 Å². The van der Waals surface area contributed by atoms with Crippen molar-refractivity contribution in [3.63, 3.8) is 0 Å². The third-order valence-electron chi connectivity index (χ3n) is 2.83. The van der Waals surface area contributed by atoms with Crippen molar-refractivity contribution >= 4 is 5.69 Å². The lowest BCUT2D eigenvalue weighted by atomic mass is 10.0. The fourth-order valence-electron chi connectivity index (χ4n) is 2.20. The molecule has 1 aliphatic rings. The van der Waals surface area contributed by atoms with Crippen molar-refractivity contribution < 1.29 is 0 Å². The van der Waals surface area contributed by atoms with E-state index in [1.165, 1.54) is 36.1 Å². The van der Waals surface area contributed by atoms with E-state index in [-0.39, 0.29) is 0 Å². The highest BCUT2D eigenvalue weighted by atomic mass is 14.9. The monoisotopic (exact) mass is 201 g/mol. The lowest BCUT2D eigenvalue weighted by molar-refractivity contribution is 0.673. The van der Waals surface area contributed by atoms with Gasteiger partial charge in [0.2, 0.25) is 0 Å². The Labute approximate surface area is 92.2 Å². The minimum absolute atomic E-state index is 0.528. The van der Waals surface area contributed by atoms with Gasteiger partial charge in [-0.25, -0.2) is 0 Å². The summed E-state index contributed by atoms with van der Waals surface area (Å²) in [5, 5.41) is 3.58. The molecule has 15 heavy (non-hydrogen) atoms. The van der Waals surface area contributed by atoms with Crippen molar-refractivity contribution in [2.24, 2.45) is 0 Å². The zero-order valence-corrected chi connectivity index (χ0v) is 9.59. The van der Waals surface area contributed by atoms with Gasteiger partial charge in [-0.3, -0.25) is 0 Å². The van der Waals surface area contributed by atoms with Gasteiger partial charge >= 0.3 is 0 Å². The maximum Gasteiger partial charge on any atom is 0.0444 e. The van der Waals surface area contributed by atoms with Crippen molar-refractivity contribution in [3.05, 3.63) is 41.5 Å². The van der Waals surface area contributed by atoms with Crippen LogP contribution in [0.1, 0.15) is 30.4 Å². The van der Waals surface area contributed by atoms with E-state index in [1.807, 2.05) is 0 Å². The molecule has 0 amide bonds. The van der Waals surface area contributed by atoms with Crippen molar-refractivity contribution in [3.8, 4) is 0 Å². The molecule has 1 atom stereocenters. The molecule has 1 N–H and O–H groups in total. The van der Waals surface area contributed by atoms with E-state index < -0.39 is 0 Å². The predicted octanol–water partition coefficient (Wildman–Crippen LogP) is 3.82. The summed E-state index contributed by atoms with van der Waals surface area (Å²) >= 11 is 0. The Balaban J connectivity index is 2.09. The van der Waals surface area contributed by atoms with Gasteiger partial charge < -0.3 is 5.32 Å². The van der Waals surface area contributed by atoms with Crippen molar-refractivity contribution in [1.82, 2.24) is 0 Å². The van der Waals surface area contributed by atoms with Crippen LogP contribution in [0.25, 0.3) is 0 Å². The molecule has 1 aromatic carbocycles. The largest absolute Gasteiger partial charge is 0.379 e. The van der Waals surface area contributed by atoms with Gasteiger partial charge in [-0.05, 0) is 56.4 Å². The molecule has 1 aliphatic carbocycles. The first kappa shape index (κ1) is 10.3. The lowest BCUT2D eigenvalue weighted by Gasteiger charge is -2.19. The molecule has 0 fully saturated rings. The maximum atomic E-state index is 3.58. The molecule has 0 saturated heterocycles. The van der Waals surface area contributed by atoms with Crippen LogP contribution in [0.15, 0.2) is 30.4 Å². The smallest absolute Gasteiger partial charge is 0.0444 e. The van der Waals surface area contributed by atoms with Gasteiger partial charge in [-0.2, -0.15) is 0 Å². The fourth-order valence-corrected chi connectivity index (χ4v) is 2.20. The molecule has 1 unspecified atom stereocenters. The predicted molar refractivity (Wildman–Crippen MR) is 66.3 cm³/mol. The van der Waals surface area contributed by atoms with Crippen LogP contribution in [-0.2, 0) is 0 Å². The average molecular weight is 201 g/mol. The minimum atomic E-state index is 0.528. The second-order valence-corrected chi connectivity index (χ2v) is 4.49. The van der Waals surface area contributed by atoms with Gasteiger partial charge in [0.25, 0.3) is 0 Å². The molecule has 0 aromatic heterocycles. The molecular formula is C14H19N. The maximum absolute atomic E-state index is 3.58. The Morgan fingerprint density at radius 1 is 1.13 bits per heavy atom. The lowest BCUT2D eigenvalue weighted by Crippen LogP contribution is -2.18. The Hall–Kier alpha value is -1.24. The van der Waals surface area contributed by atoms with Crippen LogP contribution in [0.2, 0.25) is 0 Å². The van der Waals surface area contributed by atoms with Crippen molar-refractivity contribution in [2.45, 2.75) is 39.2 Å². The number of hydrogen-bond acceptors (Lipinski definition) is 1. The molecule has 2 rings (SSSR count). The first-order chi connectivity index (χ1) is 7.24. The molecule has 0 saturated carbocycles. The Kier molecular flexibility index (Phi) is 3.10. The SMILES string of the molecule is Cc1cc(C)cc(NC2C=CCCC2)c1. The number of aryl methyl sites for hydroxylation is 2. The quantitative estimate of drug-likeness (QED) is 0.717. The van der Waals surface area contributed by atoms with E-state index in [9.17, 15) is 0 Å². The highest BCUT2D eigenvalue weighted by Crippen LogP contribution is 2.19. The summed E-state index contributed by atoms with van der Waals surface area (Å²) in [6, 6.07) is 7.17. The molecule has 0 aliphatic heterocycles. The standard InChI is InChI=1S/C14H19N/c1-11-8-12(2)10-14(9-11)15-13-6-4-3-5-7-13/h4,6,8-10,13,15H,3,5,7H2,1-2H3. The number of anilines is 1. The van der Waals surface area contributed by atoms with Gasteiger partial charge in [0.1, 0.15) is 0 Å². The second-order valence-electron chi connectivity index (χ2n) is 4.49. The summed E-state index contributed by atoms with van der Waals surface area (Å²) in [7, 11) is 0. The highest BCUT2D eigenvalue weighted by Gasteiger charge is 2.07. The number of allylic oxidation sites excluding steroid dienone is 1. The second kappa shape index (κ2) is 4.52. The zero-order valence-electron chi connectivity index (χ0n) is 9.59. The molecule has 0 bridgehead atoms. The molecular weight excluding hydrogens is 182 g/mol. The van der Waals surface area contributed by atoms with Crippen molar-refractivity contribution in [2.75, 3.05) is 5.32 Å². The van der Waals surface area contributed by atoms with E-state index in [1.54, 1.807) is 0 Å². The third kappa shape index (κ3) is 2.85. The highest BCUT2D eigenvalue weighted by molar-refractivity contribution is 5.49. The Morgan fingerprint density at radius 3 is 2.47 bits per heavy atom. The number of rotatable bonds is 2. The number of hydrogen-bond donors (Lipinski definition) is 1. The molecule has 1 aromatic rings. The van der Waals surface area contributed by atoms with Crippen LogP contribution in [-0.4, -0.2) is 6.04 Å². The minimum Gasteiger partial charge on any atom is -0.379 e. The van der Waals surface area contributed by atoms with Crippen LogP contribution in [0.5, 0.6) is 0 Å². The van der Waals surface area contributed by atoms with Gasteiger partial charge in [0.05, 0.1) is 0 Å². The Bertz CT molecular complexity index is 345. The molecule has 0 heterocycles. The van der Waals surface area contributed by atoms with Crippen LogP contribution < -0.4 is 5.32 Å². The third-order valence-corrected chi connectivity index (χ3v) is 2.83. The van der Waals surface area contributed by atoms with E-state index in [0.29, 0.717) is 6.04 Å². The van der Waals surface area contributed by atoms with Gasteiger partial charge in [-0.15, -0.1) is 0 Å². The summed E-state index contributed by atoms with van der Waals surface area (Å²) in [6.45, 7) is 4.30. The van der Waals surface area contributed by atoms with Crippen molar-refractivity contribution in [1.29, 1.82) is 0 Å². The molecule has 0 spiro atoms. The molecule has 80 valence electrons. The topological polar surface area (TPSA) is 12.0 Å². The van der Waals surface area contributed by atoms with Gasteiger partial charge in [0.15, 0.2) is 0 Å². The van der Waals surface area contributed by atoms with E-state index >= 15 is 0 Å². The summed E-state index contributed by atoms with van der Waals surface area (Å²) < 4.78 is 0. The average Bonchev–Trinajstić information content (AvgIpc) is 2.17. The number of benzene rings is 1. The van der Waals surface area contributed by atoms with Crippen LogP contribution in [0.4, 0.5) is 5.69 Å². The number of nitrogens with one attached hydrogen (secondary N) is 1. The van der Waals surface area contributed by atoms with E-state index in [0.717, 1.165) is 0 Å². The van der Waals surface area contributed by atoms with Crippen LogP contribution in [0.3, 0.4) is 0 Å². The summed E-state index contributed by atoms with van der Waals surface area (Å²) in [4.78, 5) is 0. The first-order valence-corrected chi connectivity index (χ1v) is 5.75. The Morgan fingerprint density at radius 2 is 1.87 bits per heavy atom. The summed E-state index contributed by atoms with van der Waals surface area (Å²) in [5.41, 5.74) is 3.92. The summed E-state index contributed by atoms with van der Waals surface area (Å²) in [5.74, 6) is 0. The fraction of sp³-hybridized carbons (Fsp3) is 0.429.